The zero-order chi connectivity index (χ0) is 11.9. The molecule has 0 saturated carbocycles. The first-order valence-electron chi connectivity index (χ1n) is 6.53. The molecule has 0 aromatic heterocycles. The van der Waals surface area contributed by atoms with Crippen LogP contribution in [0.4, 0.5) is 0 Å². The van der Waals surface area contributed by atoms with E-state index in [1.807, 2.05) is 0 Å². The van der Waals surface area contributed by atoms with Crippen molar-refractivity contribution in [3.63, 3.8) is 0 Å². The molecule has 1 aliphatic carbocycles. The van der Waals surface area contributed by atoms with Crippen molar-refractivity contribution in [2.24, 2.45) is 0 Å². The molecular formula is C17H15N. The topological polar surface area (TPSA) is 3.24 Å². The minimum atomic E-state index is 1.03. The van der Waals surface area contributed by atoms with E-state index in [1.165, 1.54) is 27.3 Å². The number of nitrogens with zero attached hydrogens (tertiary/aromatic N) is 1. The Morgan fingerprint density at radius 2 is 2.06 bits per heavy atom. The molecule has 0 spiro atoms. The van der Waals surface area contributed by atoms with E-state index in [0.717, 1.165) is 19.5 Å². The minimum Gasteiger partial charge on any atom is -0.363 e. The molecule has 3 aliphatic rings. The third kappa shape index (κ3) is 1.40. The molecule has 2 aliphatic heterocycles. The Morgan fingerprint density at radius 1 is 1.11 bits per heavy atom. The predicted octanol–water partition coefficient (Wildman–Crippen LogP) is 1.72. The van der Waals surface area contributed by atoms with Crippen LogP contribution in [0.2, 0.25) is 0 Å². The van der Waals surface area contributed by atoms with E-state index in [2.05, 4.69) is 59.5 Å². The molecule has 0 bridgehead atoms. The molecule has 2 heterocycles. The average Bonchev–Trinajstić information content (AvgIpc) is 2.45. The monoisotopic (exact) mass is 233 g/mol. The van der Waals surface area contributed by atoms with Crippen LogP contribution in [-0.2, 0) is 0 Å². The Labute approximate surface area is 107 Å². The highest BCUT2D eigenvalue weighted by Gasteiger charge is 2.21. The third-order valence-electron chi connectivity index (χ3n) is 3.98. The van der Waals surface area contributed by atoms with Crippen molar-refractivity contribution in [1.82, 2.24) is 4.90 Å². The van der Waals surface area contributed by atoms with Gasteiger partial charge in [0.25, 0.3) is 0 Å². The van der Waals surface area contributed by atoms with Crippen LogP contribution in [0.25, 0.3) is 11.6 Å². The van der Waals surface area contributed by atoms with Crippen LogP contribution in [0, 0.1) is 0 Å². The van der Waals surface area contributed by atoms with E-state index in [-0.39, 0.29) is 0 Å². The first-order chi connectivity index (χ1) is 8.92. The SMILES string of the molecule is C1=CCN2CC3=c4ccccc4=CCC3=CC2=C1. The summed E-state index contributed by atoms with van der Waals surface area (Å²) >= 11 is 0. The number of fused-ring (bicyclic) bond motifs is 3. The molecule has 0 saturated heterocycles. The van der Waals surface area contributed by atoms with E-state index >= 15 is 0 Å². The van der Waals surface area contributed by atoms with E-state index in [1.54, 1.807) is 0 Å². The second-order valence-corrected chi connectivity index (χ2v) is 5.04. The van der Waals surface area contributed by atoms with Gasteiger partial charge in [0, 0.05) is 18.8 Å². The normalized spacial score (nSPS) is 20.2. The largest absolute Gasteiger partial charge is 0.363 e. The highest BCUT2D eigenvalue weighted by molar-refractivity contribution is 5.73. The number of allylic oxidation sites excluding steroid dienone is 3. The summed E-state index contributed by atoms with van der Waals surface area (Å²) in [6.45, 7) is 2.08. The minimum absolute atomic E-state index is 1.03. The fraction of sp³-hybridized carbons (Fsp3) is 0.176. The zero-order valence-electron chi connectivity index (χ0n) is 10.3. The van der Waals surface area contributed by atoms with E-state index in [9.17, 15) is 0 Å². The van der Waals surface area contributed by atoms with Crippen LogP contribution in [0.15, 0.2) is 59.8 Å². The summed E-state index contributed by atoms with van der Waals surface area (Å²) < 4.78 is 0. The van der Waals surface area contributed by atoms with Gasteiger partial charge in [0.2, 0.25) is 0 Å². The van der Waals surface area contributed by atoms with Crippen LogP contribution < -0.4 is 10.4 Å². The van der Waals surface area contributed by atoms with Crippen molar-refractivity contribution in [2.75, 3.05) is 13.1 Å². The summed E-state index contributed by atoms with van der Waals surface area (Å²) in [5, 5.41) is 2.81. The van der Waals surface area contributed by atoms with Gasteiger partial charge in [-0.1, -0.05) is 42.5 Å². The molecule has 0 radical (unpaired) electrons. The van der Waals surface area contributed by atoms with Crippen LogP contribution in [0.3, 0.4) is 0 Å². The van der Waals surface area contributed by atoms with Crippen molar-refractivity contribution in [3.8, 4) is 0 Å². The lowest BCUT2D eigenvalue weighted by molar-refractivity contribution is 0.428. The third-order valence-corrected chi connectivity index (χ3v) is 3.98. The van der Waals surface area contributed by atoms with Crippen molar-refractivity contribution in [3.05, 3.63) is 70.3 Å². The molecule has 0 N–H and O–H groups in total. The van der Waals surface area contributed by atoms with Gasteiger partial charge in [-0.15, -0.1) is 0 Å². The Hall–Kier alpha value is -2.02. The average molecular weight is 233 g/mol. The molecule has 1 aromatic carbocycles. The Bertz CT molecular complexity index is 716. The fourth-order valence-corrected chi connectivity index (χ4v) is 3.03. The highest BCUT2D eigenvalue weighted by atomic mass is 15.1. The van der Waals surface area contributed by atoms with E-state index in [0.29, 0.717) is 0 Å². The summed E-state index contributed by atoms with van der Waals surface area (Å²) in [4.78, 5) is 2.45. The molecule has 1 heteroatoms. The Morgan fingerprint density at radius 3 is 3.06 bits per heavy atom. The molecule has 1 aromatic rings. The lowest BCUT2D eigenvalue weighted by atomic mass is 9.89. The van der Waals surface area contributed by atoms with Crippen LogP contribution in [0.1, 0.15) is 6.42 Å². The number of hydrogen-bond donors (Lipinski definition) is 0. The molecular weight excluding hydrogens is 218 g/mol. The van der Waals surface area contributed by atoms with Gasteiger partial charge in [-0.3, -0.25) is 0 Å². The first-order valence-corrected chi connectivity index (χ1v) is 6.53. The highest BCUT2D eigenvalue weighted by Crippen LogP contribution is 2.28. The standard InChI is InChI=1S/C17H15N/c1-2-7-16-13(5-1)8-9-14-11-15-6-3-4-10-18(15)12-17(14)16/h1-8,11H,9-10,12H2. The maximum atomic E-state index is 2.45. The number of hydrogen-bond acceptors (Lipinski definition) is 1. The summed E-state index contributed by atoms with van der Waals surface area (Å²) in [6.07, 6.45) is 12.4. The van der Waals surface area contributed by atoms with Crippen LogP contribution >= 0.6 is 0 Å². The van der Waals surface area contributed by atoms with Gasteiger partial charge in [-0.2, -0.15) is 0 Å². The second-order valence-electron chi connectivity index (χ2n) is 5.04. The Balaban J connectivity index is 1.98. The predicted molar refractivity (Wildman–Crippen MR) is 75.1 cm³/mol. The maximum absolute atomic E-state index is 2.45. The van der Waals surface area contributed by atoms with Gasteiger partial charge in [-0.05, 0) is 40.2 Å². The van der Waals surface area contributed by atoms with Gasteiger partial charge in [-0.25, -0.2) is 0 Å². The molecule has 0 fully saturated rings. The smallest absolute Gasteiger partial charge is 0.0442 e. The fourth-order valence-electron chi connectivity index (χ4n) is 3.03. The van der Waals surface area contributed by atoms with Crippen molar-refractivity contribution in [2.45, 2.75) is 6.42 Å². The summed E-state index contributed by atoms with van der Waals surface area (Å²) in [7, 11) is 0. The molecule has 88 valence electrons. The molecule has 4 rings (SSSR count). The zero-order valence-corrected chi connectivity index (χ0v) is 10.3. The molecule has 1 nitrogen and oxygen atoms in total. The summed E-state index contributed by atoms with van der Waals surface area (Å²) in [5.74, 6) is 0. The lowest BCUT2D eigenvalue weighted by Crippen LogP contribution is -2.38. The van der Waals surface area contributed by atoms with Gasteiger partial charge < -0.3 is 4.90 Å². The first kappa shape index (κ1) is 9.95. The van der Waals surface area contributed by atoms with Gasteiger partial charge >= 0.3 is 0 Å². The van der Waals surface area contributed by atoms with Crippen molar-refractivity contribution < 1.29 is 0 Å². The van der Waals surface area contributed by atoms with Crippen LogP contribution in [-0.4, -0.2) is 18.0 Å². The summed E-state index contributed by atoms with van der Waals surface area (Å²) in [6, 6.07) is 8.75. The molecule has 18 heavy (non-hydrogen) atoms. The number of rotatable bonds is 0. The number of benzene rings is 1. The Kier molecular flexibility index (Phi) is 2.07. The van der Waals surface area contributed by atoms with Gasteiger partial charge in [0.05, 0.1) is 0 Å². The molecule has 0 unspecified atom stereocenters. The van der Waals surface area contributed by atoms with Crippen molar-refractivity contribution >= 4 is 11.6 Å². The molecule has 0 amide bonds. The second kappa shape index (κ2) is 3.74. The lowest BCUT2D eigenvalue weighted by Gasteiger charge is -2.34. The maximum Gasteiger partial charge on any atom is 0.0442 e. The van der Waals surface area contributed by atoms with Gasteiger partial charge in [0.15, 0.2) is 0 Å². The molecule has 0 atom stereocenters. The van der Waals surface area contributed by atoms with Gasteiger partial charge in [0.1, 0.15) is 0 Å². The quantitative estimate of drug-likeness (QED) is 0.659. The van der Waals surface area contributed by atoms with E-state index in [4.69, 9.17) is 0 Å². The van der Waals surface area contributed by atoms with Crippen molar-refractivity contribution in [1.29, 1.82) is 0 Å². The van der Waals surface area contributed by atoms with E-state index < -0.39 is 0 Å². The van der Waals surface area contributed by atoms with Crippen LogP contribution in [0.5, 0.6) is 0 Å². The summed E-state index contributed by atoms with van der Waals surface area (Å²) in [5.41, 5.74) is 4.37.